The third-order valence-corrected chi connectivity index (χ3v) is 4.18. The van der Waals surface area contributed by atoms with Gasteiger partial charge in [0.05, 0.1) is 12.5 Å². The summed E-state index contributed by atoms with van der Waals surface area (Å²) in [5.41, 5.74) is 3.24. The number of carbonyl (C=O) groups is 1. The molecule has 0 saturated carbocycles. The fourth-order valence-electron chi connectivity index (χ4n) is 3.34. The summed E-state index contributed by atoms with van der Waals surface area (Å²) in [6, 6.07) is 6.02. The highest BCUT2D eigenvalue weighted by Gasteiger charge is 2.31. The lowest BCUT2D eigenvalue weighted by Gasteiger charge is -2.20. The number of benzene rings is 1. The molecular weight excluding hydrogens is 254 g/mol. The van der Waals surface area contributed by atoms with Gasteiger partial charge in [-0.15, -0.1) is 0 Å². The van der Waals surface area contributed by atoms with E-state index in [9.17, 15) is 9.90 Å². The largest absolute Gasteiger partial charge is 0.494 e. The minimum absolute atomic E-state index is 0.383. The number of aromatic nitrogens is 1. The number of fused-ring (bicyclic) bond motifs is 3. The molecule has 0 spiro atoms. The molecule has 0 aliphatic heterocycles. The first-order valence-corrected chi connectivity index (χ1v) is 7.10. The van der Waals surface area contributed by atoms with Crippen molar-refractivity contribution in [1.29, 1.82) is 0 Å². The summed E-state index contributed by atoms with van der Waals surface area (Å²) in [7, 11) is 1.96. The van der Waals surface area contributed by atoms with Crippen molar-refractivity contribution in [2.24, 2.45) is 7.05 Å². The van der Waals surface area contributed by atoms with Crippen molar-refractivity contribution < 1.29 is 14.6 Å². The summed E-state index contributed by atoms with van der Waals surface area (Å²) >= 11 is 0. The molecule has 0 radical (unpaired) electrons. The molecule has 1 aromatic carbocycles. The molecule has 106 valence electrons. The standard InChI is InChI=1S/C16H19NO3/c1-3-20-10-7-8-14-13(9-10)11-5-4-6-12(16(18)19)15(11)17(14)2/h7-9,12H,3-6H2,1-2H3,(H,18,19). The maximum absolute atomic E-state index is 11.5. The average molecular weight is 273 g/mol. The van der Waals surface area contributed by atoms with Crippen LogP contribution in [0.15, 0.2) is 18.2 Å². The fraction of sp³-hybridized carbons (Fsp3) is 0.438. The van der Waals surface area contributed by atoms with Crippen LogP contribution >= 0.6 is 0 Å². The lowest BCUT2D eigenvalue weighted by atomic mass is 9.86. The van der Waals surface area contributed by atoms with E-state index >= 15 is 0 Å². The van der Waals surface area contributed by atoms with Gasteiger partial charge in [-0.05, 0) is 49.9 Å². The molecule has 1 heterocycles. The van der Waals surface area contributed by atoms with E-state index in [1.807, 2.05) is 36.7 Å². The predicted octanol–water partition coefficient (Wildman–Crippen LogP) is 3.08. The van der Waals surface area contributed by atoms with Crippen LogP contribution in [0.1, 0.15) is 36.9 Å². The molecule has 0 fully saturated rings. The van der Waals surface area contributed by atoms with Crippen LogP contribution in [0, 0.1) is 0 Å². The molecule has 0 amide bonds. The number of aryl methyl sites for hydroxylation is 2. The third kappa shape index (κ3) is 1.87. The zero-order chi connectivity index (χ0) is 14.3. The quantitative estimate of drug-likeness (QED) is 0.935. The molecule has 1 aliphatic rings. The molecule has 0 bridgehead atoms. The Morgan fingerprint density at radius 1 is 1.50 bits per heavy atom. The Kier molecular flexibility index (Phi) is 3.16. The van der Waals surface area contributed by atoms with Gasteiger partial charge in [-0.3, -0.25) is 4.79 Å². The van der Waals surface area contributed by atoms with Crippen LogP contribution in [0.2, 0.25) is 0 Å². The van der Waals surface area contributed by atoms with Crippen molar-refractivity contribution in [3.05, 3.63) is 29.5 Å². The maximum Gasteiger partial charge on any atom is 0.312 e. The number of hydrogen-bond acceptors (Lipinski definition) is 2. The first-order chi connectivity index (χ1) is 9.63. The van der Waals surface area contributed by atoms with E-state index < -0.39 is 5.97 Å². The van der Waals surface area contributed by atoms with Crippen LogP contribution in [-0.4, -0.2) is 22.2 Å². The molecule has 4 nitrogen and oxygen atoms in total. The van der Waals surface area contributed by atoms with Crippen molar-refractivity contribution in [2.45, 2.75) is 32.1 Å². The van der Waals surface area contributed by atoms with Crippen molar-refractivity contribution in [3.63, 3.8) is 0 Å². The Bertz CT molecular complexity index is 672. The molecule has 1 N–H and O–H groups in total. The molecular formula is C16H19NO3. The summed E-state index contributed by atoms with van der Waals surface area (Å²) in [4.78, 5) is 11.5. The van der Waals surface area contributed by atoms with E-state index in [1.165, 1.54) is 5.56 Å². The average Bonchev–Trinajstić information content (AvgIpc) is 2.73. The highest BCUT2D eigenvalue weighted by atomic mass is 16.5. The number of carboxylic acids is 1. The minimum atomic E-state index is -0.720. The van der Waals surface area contributed by atoms with Gasteiger partial charge in [-0.25, -0.2) is 0 Å². The molecule has 1 atom stereocenters. The van der Waals surface area contributed by atoms with Gasteiger partial charge < -0.3 is 14.4 Å². The van der Waals surface area contributed by atoms with E-state index in [0.717, 1.165) is 41.6 Å². The van der Waals surface area contributed by atoms with Crippen LogP contribution < -0.4 is 4.74 Å². The molecule has 3 rings (SSSR count). The molecule has 0 saturated heterocycles. The van der Waals surface area contributed by atoms with E-state index in [2.05, 4.69) is 0 Å². The molecule has 1 unspecified atom stereocenters. The van der Waals surface area contributed by atoms with Gasteiger partial charge in [0.15, 0.2) is 0 Å². The summed E-state index contributed by atoms with van der Waals surface area (Å²) in [6.45, 7) is 2.60. The molecule has 4 heteroatoms. The summed E-state index contributed by atoms with van der Waals surface area (Å²) in [5, 5.41) is 10.6. The van der Waals surface area contributed by atoms with Crippen molar-refractivity contribution in [2.75, 3.05) is 6.61 Å². The van der Waals surface area contributed by atoms with Gasteiger partial charge in [0.25, 0.3) is 0 Å². The first-order valence-electron chi connectivity index (χ1n) is 7.10. The number of hydrogen-bond donors (Lipinski definition) is 1. The maximum atomic E-state index is 11.5. The van der Waals surface area contributed by atoms with E-state index in [-0.39, 0.29) is 5.92 Å². The van der Waals surface area contributed by atoms with Gasteiger partial charge in [-0.1, -0.05) is 0 Å². The second kappa shape index (κ2) is 4.85. The Labute approximate surface area is 118 Å². The Hall–Kier alpha value is -1.97. The first kappa shape index (κ1) is 13.0. The zero-order valence-corrected chi connectivity index (χ0v) is 11.8. The Morgan fingerprint density at radius 2 is 2.30 bits per heavy atom. The smallest absolute Gasteiger partial charge is 0.312 e. The Balaban J connectivity index is 2.22. The minimum Gasteiger partial charge on any atom is -0.494 e. The third-order valence-electron chi connectivity index (χ3n) is 4.18. The topological polar surface area (TPSA) is 51.5 Å². The molecule has 1 aliphatic carbocycles. The number of ether oxygens (including phenoxy) is 1. The number of nitrogens with zero attached hydrogens (tertiary/aromatic N) is 1. The van der Waals surface area contributed by atoms with Gasteiger partial charge in [-0.2, -0.15) is 0 Å². The van der Waals surface area contributed by atoms with Crippen LogP contribution in [0.25, 0.3) is 10.9 Å². The molecule has 20 heavy (non-hydrogen) atoms. The zero-order valence-electron chi connectivity index (χ0n) is 11.8. The normalized spacial score (nSPS) is 18.0. The molecule has 2 aromatic rings. The van der Waals surface area contributed by atoms with Crippen molar-refractivity contribution in [1.82, 2.24) is 4.57 Å². The van der Waals surface area contributed by atoms with Crippen LogP contribution in [0.3, 0.4) is 0 Å². The van der Waals surface area contributed by atoms with Crippen LogP contribution in [0.4, 0.5) is 0 Å². The van der Waals surface area contributed by atoms with Crippen molar-refractivity contribution in [3.8, 4) is 5.75 Å². The van der Waals surface area contributed by atoms with Crippen molar-refractivity contribution >= 4 is 16.9 Å². The molecule has 1 aromatic heterocycles. The van der Waals surface area contributed by atoms with Crippen LogP contribution in [0.5, 0.6) is 5.75 Å². The second-order valence-corrected chi connectivity index (χ2v) is 5.32. The van der Waals surface area contributed by atoms with Gasteiger partial charge in [0.1, 0.15) is 5.75 Å². The lowest BCUT2D eigenvalue weighted by molar-refractivity contribution is -0.139. The second-order valence-electron chi connectivity index (χ2n) is 5.32. The summed E-state index contributed by atoms with van der Waals surface area (Å²) < 4.78 is 7.60. The van der Waals surface area contributed by atoms with Gasteiger partial charge >= 0.3 is 5.97 Å². The number of aliphatic carboxylic acids is 1. The van der Waals surface area contributed by atoms with E-state index in [1.54, 1.807) is 0 Å². The Morgan fingerprint density at radius 3 is 3.00 bits per heavy atom. The fourth-order valence-corrected chi connectivity index (χ4v) is 3.34. The SMILES string of the molecule is CCOc1ccc2c(c1)c1c(n2C)C(C(=O)O)CCC1. The van der Waals surface area contributed by atoms with Crippen LogP contribution in [-0.2, 0) is 18.3 Å². The lowest BCUT2D eigenvalue weighted by Crippen LogP contribution is -2.20. The predicted molar refractivity (Wildman–Crippen MR) is 77.4 cm³/mol. The van der Waals surface area contributed by atoms with E-state index in [4.69, 9.17) is 4.74 Å². The summed E-state index contributed by atoms with van der Waals surface area (Å²) in [6.07, 6.45) is 2.61. The van der Waals surface area contributed by atoms with Gasteiger partial charge in [0.2, 0.25) is 0 Å². The monoisotopic (exact) mass is 273 g/mol. The highest BCUT2D eigenvalue weighted by Crippen LogP contribution is 2.39. The van der Waals surface area contributed by atoms with E-state index in [0.29, 0.717) is 6.61 Å². The number of rotatable bonds is 3. The number of carboxylic acid groups (broad SMARTS) is 1. The highest BCUT2D eigenvalue weighted by molar-refractivity contribution is 5.90. The van der Waals surface area contributed by atoms with Gasteiger partial charge in [0, 0.05) is 23.6 Å². The summed E-state index contributed by atoms with van der Waals surface area (Å²) in [5.74, 6) is -0.251.